The van der Waals surface area contributed by atoms with Gasteiger partial charge >= 0.3 is 0 Å². The summed E-state index contributed by atoms with van der Waals surface area (Å²) in [4.78, 5) is 23.8. The van der Waals surface area contributed by atoms with Crippen molar-refractivity contribution >= 4 is 11.8 Å². The summed E-state index contributed by atoms with van der Waals surface area (Å²) in [5, 5.41) is 8.89. The minimum Gasteiger partial charge on any atom is -0.356 e. The van der Waals surface area contributed by atoms with Gasteiger partial charge in [-0.3, -0.25) is 9.59 Å². The predicted molar refractivity (Wildman–Crippen MR) is 95.6 cm³/mol. The van der Waals surface area contributed by atoms with Gasteiger partial charge in [0.25, 0.3) is 0 Å². The Kier molecular flexibility index (Phi) is 7.50. The Bertz CT molecular complexity index is 637. The van der Waals surface area contributed by atoms with E-state index < -0.39 is 11.6 Å². The van der Waals surface area contributed by atoms with E-state index in [4.69, 9.17) is 0 Å². The van der Waals surface area contributed by atoms with Gasteiger partial charge in [0.05, 0.1) is 0 Å². The first-order valence-corrected chi connectivity index (χ1v) is 9.08. The summed E-state index contributed by atoms with van der Waals surface area (Å²) in [5.74, 6) is -1.79. The Morgan fingerprint density at radius 1 is 1.23 bits per heavy atom. The van der Waals surface area contributed by atoms with Gasteiger partial charge in [-0.25, -0.2) is 8.78 Å². The Balaban J connectivity index is 1.88. The second kappa shape index (κ2) is 9.62. The minimum atomic E-state index is -0.876. The number of amides is 2. The van der Waals surface area contributed by atoms with Crippen LogP contribution in [0, 0.1) is 17.6 Å². The fourth-order valence-electron chi connectivity index (χ4n) is 3.19. The molecule has 2 unspecified atom stereocenters. The molecule has 1 aliphatic heterocycles. The number of hydrogen-bond acceptors (Lipinski definition) is 3. The summed E-state index contributed by atoms with van der Waals surface area (Å²) >= 11 is 0. The van der Waals surface area contributed by atoms with Crippen LogP contribution in [0.5, 0.6) is 0 Å². The highest BCUT2D eigenvalue weighted by Gasteiger charge is 2.28. The monoisotopic (exact) mass is 367 g/mol. The van der Waals surface area contributed by atoms with Gasteiger partial charge in [-0.2, -0.15) is 0 Å². The van der Waals surface area contributed by atoms with Gasteiger partial charge in [0.15, 0.2) is 11.6 Å². The summed E-state index contributed by atoms with van der Waals surface area (Å²) in [6.45, 7) is 5.52. The van der Waals surface area contributed by atoms with Crippen molar-refractivity contribution in [3.8, 4) is 0 Å². The summed E-state index contributed by atoms with van der Waals surface area (Å²) in [6.07, 6.45) is 1.35. The zero-order valence-corrected chi connectivity index (χ0v) is 15.3. The molecule has 1 saturated heterocycles. The van der Waals surface area contributed by atoms with Crippen LogP contribution in [0.3, 0.4) is 0 Å². The van der Waals surface area contributed by atoms with Crippen molar-refractivity contribution in [2.24, 2.45) is 5.92 Å². The van der Waals surface area contributed by atoms with Gasteiger partial charge in [0, 0.05) is 37.9 Å². The maximum Gasteiger partial charge on any atom is 0.222 e. The quantitative estimate of drug-likeness (QED) is 0.691. The maximum absolute atomic E-state index is 13.5. The zero-order valence-electron chi connectivity index (χ0n) is 15.3. The lowest BCUT2D eigenvalue weighted by Gasteiger charge is -2.33. The van der Waals surface area contributed by atoms with Crippen molar-refractivity contribution in [2.45, 2.75) is 45.1 Å². The number of hydrogen-bond donors (Lipinski definition) is 3. The van der Waals surface area contributed by atoms with E-state index in [2.05, 4.69) is 16.0 Å². The topological polar surface area (TPSA) is 70.2 Å². The van der Waals surface area contributed by atoms with Crippen molar-refractivity contribution in [3.63, 3.8) is 0 Å². The molecule has 0 aliphatic carbocycles. The van der Waals surface area contributed by atoms with Gasteiger partial charge in [0.1, 0.15) is 0 Å². The molecular formula is C19H27F2N3O2. The molecule has 3 N–H and O–H groups in total. The highest BCUT2D eigenvalue weighted by atomic mass is 19.2. The molecule has 1 fully saturated rings. The molecule has 1 heterocycles. The van der Waals surface area contributed by atoms with Crippen molar-refractivity contribution in [1.29, 1.82) is 0 Å². The Labute approximate surface area is 152 Å². The van der Waals surface area contributed by atoms with E-state index in [-0.39, 0.29) is 42.7 Å². The molecule has 144 valence electrons. The summed E-state index contributed by atoms with van der Waals surface area (Å²) in [5.41, 5.74) is 0.681. The van der Waals surface area contributed by atoms with Crippen LogP contribution >= 0.6 is 0 Å². The molecule has 0 bridgehead atoms. The summed E-state index contributed by atoms with van der Waals surface area (Å²) in [6, 6.07) is 3.69. The molecule has 2 atom stereocenters. The maximum atomic E-state index is 13.5. The number of benzene rings is 1. The van der Waals surface area contributed by atoms with Crippen LogP contribution in [0.1, 0.15) is 44.6 Å². The largest absolute Gasteiger partial charge is 0.356 e. The first kappa shape index (κ1) is 20.3. The number of rotatable bonds is 7. The number of carbonyl (C=O) groups excluding carboxylic acids is 2. The number of carbonyl (C=O) groups is 2. The molecule has 5 nitrogen and oxygen atoms in total. The van der Waals surface area contributed by atoms with E-state index >= 15 is 0 Å². The average Bonchev–Trinajstić information content (AvgIpc) is 2.57. The molecule has 7 heteroatoms. The second-order valence-electron chi connectivity index (χ2n) is 7.14. The van der Waals surface area contributed by atoms with Crippen LogP contribution in [0.2, 0.25) is 0 Å². The van der Waals surface area contributed by atoms with E-state index in [9.17, 15) is 18.4 Å². The first-order valence-electron chi connectivity index (χ1n) is 9.08. The number of piperidine rings is 1. The molecule has 26 heavy (non-hydrogen) atoms. The fourth-order valence-corrected chi connectivity index (χ4v) is 3.19. The van der Waals surface area contributed by atoms with Crippen molar-refractivity contribution < 1.29 is 18.4 Å². The smallest absolute Gasteiger partial charge is 0.222 e. The van der Waals surface area contributed by atoms with E-state index in [0.717, 1.165) is 19.0 Å². The SMILES string of the molecule is CC(C)CC(=O)NCCC(=O)NC1CNCCC1c1ccc(F)c(F)c1. The lowest BCUT2D eigenvalue weighted by atomic mass is 9.86. The van der Waals surface area contributed by atoms with Crippen LogP contribution in [0.25, 0.3) is 0 Å². The third-order valence-corrected chi connectivity index (χ3v) is 4.47. The molecule has 1 aromatic carbocycles. The van der Waals surface area contributed by atoms with Crippen molar-refractivity contribution in [2.75, 3.05) is 19.6 Å². The van der Waals surface area contributed by atoms with Gasteiger partial charge in [0.2, 0.25) is 11.8 Å². The molecule has 2 amide bonds. The highest BCUT2D eigenvalue weighted by Crippen LogP contribution is 2.27. The molecule has 1 aromatic rings. The van der Waals surface area contributed by atoms with Crippen LogP contribution < -0.4 is 16.0 Å². The molecule has 0 radical (unpaired) electrons. The highest BCUT2D eigenvalue weighted by molar-refractivity contribution is 5.79. The Morgan fingerprint density at radius 2 is 2.00 bits per heavy atom. The third-order valence-electron chi connectivity index (χ3n) is 4.47. The molecule has 1 aliphatic rings. The van der Waals surface area contributed by atoms with Gasteiger partial charge < -0.3 is 16.0 Å². The van der Waals surface area contributed by atoms with Crippen LogP contribution in [-0.4, -0.2) is 37.5 Å². The van der Waals surface area contributed by atoms with Crippen LogP contribution in [0.15, 0.2) is 18.2 Å². The van der Waals surface area contributed by atoms with Crippen molar-refractivity contribution in [3.05, 3.63) is 35.4 Å². The molecule has 0 aromatic heterocycles. The zero-order chi connectivity index (χ0) is 19.1. The first-order chi connectivity index (χ1) is 12.4. The number of nitrogens with one attached hydrogen (secondary N) is 3. The lowest BCUT2D eigenvalue weighted by molar-refractivity contribution is -0.123. The Hall–Kier alpha value is -2.02. The molecular weight excluding hydrogens is 340 g/mol. The number of halogens is 2. The normalized spacial score (nSPS) is 20.0. The summed E-state index contributed by atoms with van der Waals surface area (Å²) < 4.78 is 26.7. The minimum absolute atomic E-state index is 0.0632. The fraction of sp³-hybridized carbons (Fsp3) is 0.579. The standard InChI is InChI=1S/C19H27F2N3O2/c1-12(2)9-19(26)23-8-6-18(25)24-17-11-22-7-5-14(17)13-3-4-15(20)16(21)10-13/h3-4,10,12,14,17,22H,5-9,11H2,1-2H3,(H,23,26)(H,24,25). The molecule has 2 rings (SSSR count). The average molecular weight is 367 g/mol. The van der Waals surface area contributed by atoms with Gasteiger partial charge in [-0.15, -0.1) is 0 Å². The van der Waals surface area contributed by atoms with Crippen LogP contribution in [0.4, 0.5) is 8.78 Å². The van der Waals surface area contributed by atoms with Gasteiger partial charge in [-0.05, 0) is 36.6 Å². The molecule has 0 saturated carbocycles. The van der Waals surface area contributed by atoms with E-state index in [1.807, 2.05) is 13.8 Å². The van der Waals surface area contributed by atoms with Gasteiger partial charge in [-0.1, -0.05) is 19.9 Å². The van der Waals surface area contributed by atoms with E-state index in [0.29, 0.717) is 18.5 Å². The summed E-state index contributed by atoms with van der Waals surface area (Å²) in [7, 11) is 0. The lowest BCUT2D eigenvalue weighted by Crippen LogP contribution is -2.50. The van der Waals surface area contributed by atoms with E-state index in [1.54, 1.807) is 6.07 Å². The third kappa shape index (κ3) is 6.05. The van der Waals surface area contributed by atoms with E-state index in [1.165, 1.54) is 6.07 Å². The van der Waals surface area contributed by atoms with Crippen molar-refractivity contribution in [1.82, 2.24) is 16.0 Å². The second-order valence-corrected chi connectivity index (χ2v) is 7.14. The van der Waals surface area contributed by atoms with Crippen LogP contribution in [-0.2, 0) is 9.59 Å². The molecule has 0 spiro atoms. The Morgan fingerprint density at radius 3 is 2.69 bits per heavy atom. The predicted octanol–water partition coefficient (Wildman–Crippen LogP) is 2.08.